The number of rotatable bonds is 3. The van der Waals surface area contributed by atoms with Crippen molar-refractivity contribution in [1.82, 2.24) is 5.32 Å². The van der Waals surface area contributed by atoms with Gasteiger partial charge in [-0.3, -0.25) is 0 Å². The van der Waals surface area contributed by atoms with Crippen molar-refractivity contribution in [2.45, 2.75) is 13.0 Å². The zero-order valence-electron chi connectivity index (χ0n) is 10.7. The van der Waals surface area contributed by atoms with Gasteiger partial charge in [-0.2, -0.15) is 0 Å². The van der Waals surface area contributed by atoms with E-state index in [0.717, 1.165) is 21.7 Å². The Labute approximate surface area is 125 Å². The Bertz CT molecular complexity index is 601. The standard InChI is InChI=1S/C15H14BrClFN/c1-9-7-11(17)4-5-12(9)15(19-2)10-3-6-14(18)13(16)8-10/h3-8,15,19H,1-2H3. The summed E-state index contributed by atoms with van der Waals surface area (Å²) in [7, 11) is 1.88. The smallest absolute Gasteiger partial charge is 0.137 e. The Morgan fingerprint density at radius 2 is 1.95 bits per heavy atom. The van der Waals surface area contributed by atoms with Gasteiger partial charge in [-0.1, -0.05) is 23.7 Å². The van der Waals surface area contributed by atoms with Crippen LogP contribution in [0.25, 0.3) is 0 Å². The van der Waals surface area contributed by atoms with Crippen molar-refractivity contribution >= 4 is 27.5 Å². The van der Waals surface area contributed by atoms with Crippen LogP contribution in [0.3, 0.4) is 0 Å². The summed E-state index contributed by atoms with van der Waals surface area (Å²) < 4.78 is 13.8. The number of hydrogen-bond donors (Lipinski definition) is 1. The molecule has 0 bridgehead atoms. The Morgan fingerprint density at radius 3 is 2.53 bits per heavy atom. The van der Waals surface area contributed by atoms with E-state index in [0.29, 0.717) is 4.47 Å². The molecule has 2 aromatic rings. The van der Waals surface area contributed by atoms with E-state index in [1.54, 1.807) is 12.1 Å². The molecule has 4 heteroatoms. The van der Waals surface area contributed by atoms with Crippen LogP contribution in [0.4, 0.5) is 4.39 Å². The number of benzene rings is 2. The minimum atomic E-state index is -0.258. The maximum atomic E-state index is 13.3. The van der Waals surface area contributed by atoms with E-state index >= 15 is 0 Å². The molecule has 0 amide bonds. The molecule has 0 aliphatic rings. The molecular formula is C15H14BrClFN. The van der Waals surface area contributed by atoms with Crippen LogP contribution in [-0.4, -0.2) is 7.05 Å². The van der Waals surface area contributed by atoms with Crippen LogP contribution in [0.2, 0.25) is 5.02 Å². The van der Waals surface area contributed by atoms with Gasteiger partial charge in [-0.15, -0.1) is 0 Å². The Kier molecular flexibility index (Phi) is 4.61. The van der Waals surface area contributed by atoms with E-state index in [1.165, 1.54) is 6.07 Å². The van der Waals surface area contributed by atoms with Crippen molar-refractivity contribution in [3.63, 3.8) is 0 Å². The van der Waals surface area contributed by atoms with Crippen LogP contribution in [0, 0.1) is 12.7 Å². The largest absolute Gasteiger partial charge is 0.309 e. The van der Waals surface area contributed by atoms with E-state index in [2.05, 4.69) is 21.2 Å². The normalized spacial score (nSPS) is 12.5. The molecule has 0 aliphatic carbocycles. The molecule has 1 unspecified atom stereocenters. The second-order valence-electron chi connectivity index (χ2n) is 4.40. The van der Waals surface area contributed by atoms with Gasteiger partial charge in [0.05, 0.1) is 10.5 Å². The Balaban J connectivity index is 2.46. The van der Waals surface area contributed by atoms with Gasteiger partial charge in [-0.05, 0) is 70.9 Å². The predicted molar refractivity (Wildman–Crippen MR) is 81.2 cm³/mol. The van der Waals surface area contributed by atoms with Gasteiger partial charge >= 0.3 is 0 Å². The van der Waals surface area contributed by atoms with Gasteiger partial charge in [0.1, 0.15) is 5.82 Å². The van der Waals surface area contributed by atoms with E-state index in [1.807, 2.05) is 32.2 Å². The molecule has 0 saturated carbocycles. The summed E-state index contributed by atoms with van der Waals surface area (Å²) in [6.07, 6.45) is 0. The highest BCUT2D eigenvalue weighted by Crippen LogP contribution is 2.29. The number of hydrogen-bond acceptors (Lipinski definition) is 1. The highest BCUT2D eigenvalue weighted by Gasteiger charge is 2.15. The van der Waals surface area contributed by atoms with Crippen LogP contribution in [0.15, 0.2) is 40.9 Å². The molecule has 0 fully saturated rings. The summed E-state index contributed by atoms with van der Waals surface area (Å²) >= 11 is 9.20. The van der Waals surface area contributed by atoms with Crippen molar-refractivity contribution in [3.8, 4) is 0 Å². The van der Waals surface area contributed by atoms with E-state index in [4.69, 9.17) is 11.6 Å². The third-order valence-electron chi connectivity index (χ3n) is 3.11. The molecule has 0 radical (unpaired) electrons. The molecule has 19 heavy (non-hydrogen) atoms. The van der Waals surface area contributed by atoms with E-state index in [9.17, 15) is 4.39 Å². The van der Waals surface area contributed by atoms with Gasteiger partial charge in [0.2, 0.25) is 0 Å². The topological polar surface area (TPSA) is 12.0 Å². The fourth-order valence-electron chi connectivity index (χ4n) is 2.16. The first-order valence-electron chi connectivity index (χ1n) is 5.91. The average molecular weight is 343 g/mol. The number of aryl methyl sites for hydroxylation is 1. The number of halogens is 3. The summed E-state index contributed by atoms with van der Waals surface area (Å²) in [6.45, 7) is 2.02. The van der Waals surface area contributed by atoms with Crippen molar-refractivity contribution in [3.05, 3.63) is 68.4 Å². The molecule has 0 aliphatic heterocycles. The molecule has 0 aromatic heterocycles. The first kappa shape index (κ1) is 14.5. The Morgan fingerprint density at radius 1 is 1.21 bits per heavy atom. The van der Waals surface area contributed by atoms with Crippen molar-refractivity contribution < 1.29 is 4.39 Å². The van der Waals surface area contributed by atoms with Gasteiger partial charge in [0.15, 0.2) is 0 Å². The highest BCUT2D eigenvalue weighted by atomic mass is 79.9. The lowest BCUT2D eigenvalue weighted by Crippen LogP contribution is -2.18. The Hall–Kier alpha value is -0.900. The molecule has 0 heterocycles. The molecule has 100 valence electrons. The van der Waals surface area contributed by atoms with E-state index in [-0.39, 0.29) is 11.9 Å². The zero-order valence-corrected chi connectivity index (χ0v) is 13.0. The average Bonchev–Trinajstić information content (AvgIpc) is 2.37. The molecule has 1 atom stereocenters. The maximum absolute atomic E-state index is 13.3. The van der Waals surface area contributed by atoms with Crippen molar-refractivity contribution in [1.29, 1.82) is 0 Å². The van der Waals surface area contributed by atoms with Gasteiger partial charge in [-0.25, -0.2) is 4.39 Å². The van der Waals surface area contributed by atoms with E-state index < -0.39 is 0 Å². The maximum Gasteiger partial charge on any atom is 0.137 e. The third-order valence-corrected chi connectivity index (χ3v) is 3.95. The second-order valence-corrected chi connectivity index (χ2v) is 5.69. The molecular weight excluding hydrogens is 329 g/mol. The predicted octanol–water partition coefficient (Wildman–Crippen LogP) is 4.86. The minimum absolute atomic E-state index is 0.00849. The molecule has 1 nitrogen and oxygen atoms in total. The molecule has 0 saturated heterocycles. The van der Waals surface area contributed by atoms with Crippen LogP contribution in [0.5, 0.6) is 0 Å². The second kappa shape index (κ2) is 6.04. The lowest BCUT2D eigenvalue weighted by Gasteiger charge is -2.20. The molecule has 2 rings (SSSR count). The lowest BCUT2D eigenvalue weighted by molar-refractivity contribution is 0.616. The quantitative estimate of drug-likeness (QED) is 0.840. The summed E-state index contributed by atoms with van der Waals surface area (Å²) in [4.78, 5) is 0. The molecule has 0 spiro atoms. The number of nitrogens with one attached hydrogen (secondary N) is 1. The fourth-order valence-corrected chi connectivity index (χ4v) is 2.78. The van der Waals surface area contributed by atoms with Gasteiger partial charge < -0.3 is 5.32 Å². The first-order valence-corrected chi connectivity index (χ1v) is 7.08. The van der Waals surface area contributed by atoms with Crippen molar-refractivity contribution in [2.75, 3.05) is 7.05 Å². The summed E-state index contributed by atoms with van der Waals surface area (Å²) in [5.41, 5.74) is 3.24. The summed E-state index contributed by atoms with van der Waals surface area (Å²) in [5, 5.41) is 3.97. The van der Waals surface area contributed by atoms with Gasteiger partial charge in [0.25, 0.3) is 0 Å². The third kappa shape index (κ3) is 3.16. The van der Waals surface area contributed by atoms with Crippen LogP contribution >= 0.6 is 27.5 Å². The summed E-state index contributed by atoms with van der Waals surface area (Å²) in [6, 6.07) is 10.9. The molecule has 1 N–H and O–H groups in total. The zero-order chi connectivity index (χ0) is 14.0. The lowest BCUT2D eigenvalue weighted by atomic mass is 9.95. The summed E-state index contributed by atoms with van der Waals surface area (Å²) in [5.74, 6) is -0.258. The highest BCUT2D eigenvalue weighted by molar-refractivity contribution is 9.10. The van der Waals surface area contributed by atoms with Crippen LogP contribution in [-0.2, 0) is 0 Å². The minimum Gasteiger partial charge on any atom is -0.309 e. The fraction of sp³-hybridized carbons (Fsp3) is 0.200. The molecule has 2 aromatic carbocycles. The monoisotopic (exact) mass is 341 g/mol. The van der Waals surface area contributed by atoms with Crippen molar-refractivity contribution in [2.24, 2.45) is 0 Å². The van der Waals surface area contributed by atoms with Crippen LogP contribution in [0.1, 0.15) is 22.7 Å². The van der Waals surface area contributed by atoms with Gasteiger partial charge in [0, 0.05) is 5.02 Å². The first-order chi connectivity index (χ1) is 9.02. The van der Waals surface area contributed by atoms with Crippen LogP contribution < -0.4 is 5.32 Å². The SMILES string of the molecule is CNC(c1ccc(F)c(Br)c1)c1ccc(Cl)cc1C.